The van der Waals surface area contributed by atoms with Crippen molar-refractivity contribution >= 4 is 39.0 Å². The van der Waals surface area contributed by atoms with E-state index in [4.69, 9.17) is 19.7 Å². The summed E-state index contributed by atoms with van der Waals surface area (Å²) >= 11 is 0. The summed E-state index contributed by atoms with van der Waals surface area (Å²) in [4.78, 5) is 35.4. The number of hydrogen-bond donors (Lipinski definition) is 2. The Labute approximate surface area is 445 Å². The summed E-state index contributed by atoms with van der Waals surface area (Å²) in [6, 6.07) is 21.1. The zero-order valence-electron chi connectivity index (χ0n) is 41.9. The van der Waals surface area contributed by atoms with Gasteiger partial charge in [0, 0.05) is 49.1 Å². The molecule has 0 bridgehead atoms. The van der Waals surface area contributed by atoms with Crippen LogP contribution in [0.15, 0.2) is 72.8 Å². The van der Waals surface area contributed by atoms with Crippen molar-refractivity contribution in [2.45, 2.75) is 143 Å². The third kappa shape index (κ3) is 11.6. The summed E-state index contributed by atoms with van der Waals surface area (Å²) in [5.41, 5.74) is 5.08. The van der Waals surface area contributed by atoms with Crippen LogP contribution in [0.3, 0.4) is 0 Å². The molecule has 22 heteroatoms. The Balaban J connectivity index is 0.000000130. The van der Waals surface area contributed by atoms with Gasteiger partial charge in [-0.05, 0) is 142 Å². The average molecular weight is 1110 g/mol. The van der Waals surface area contributed by atoms with E-state index in [0.717, 1.165) is 76.8 Å². The Kier molecular flexibility index (Phi) is 16.0. The van der Waals surface area contributed by atoms with Crippen LogP contribution in [0, 0.1) is 19.7 Å². The number of fused-ring (bicyclic) bond motifs is 12. The number of hydrogen-bond acceptors (Lipinski definition) is 7. The first-order chi connectivity index (χ1) is 37.0. The number of likely N-dealkylation sites (tertiary alicyclic amines) is 2. The highest BCUT2D eigenvalue weighted by molar-refractivity contribution is 7.88. The first-order valence-corrected chi connectivity index (χ1v) is 27.3. The van der Waals surface area contributed by atoms with Crippen molar-refractivity contribution in [2.75, 3.05) is 26.2 Å². The highest BCUT2D eigenvalue weighted by Crippen LogP contribution is 2.47. The number of rotatable bonds is 2. The van der Waals surface area contributed by atoms with Gasteiger partial charge >= 0.3 is 39.8 Å². The molecule has 0 radical (unpaired) electrons. The molecule has 0 unspecified atom stereocenters. The lowest BCUT2D eigenvalue weighted by Crippen LogP contribution is -2.51. The summed E-state index contributed by atoms with van der Waals surface area (Å²) in [6.07, 6.45) is 0.146. The number of piperidine rings is 4. The lowest BCUT2D eigenvalue weighted by molar-refractivity contribution is -0.189. The smallest absolute Gasteiger partial charge is 0.376 e. The standard InChI is InChI=1S/C15H13F6NO4S.C15H13F3N2O.2C13H14N2/c16-14(17,18)13(23)22-5-1-2-10-11-7-9(4-3-8(11)6-12(10)22)26-27(24,25)15(19,20)21;1-19-10-5-4-9-7-13-11(12(9)8-10)3-2-6-20(13)14(21)15(16,17)18;2*1-14-10-5-4-9-7-13-11(12(9)8-10)3-2-6-15-13/h3-4,7,10,12H,1-2,5-6H2;4-5,8,11,13H,2-3,6-7H2;2*4-5,8,11,13,15H,2-3,6-7H2/t10-,12+;3*11-,13+/m1111/s1. The van der Waals surface area contributed by atoms with Crippen molar-refractivity contribution in [2.24, 2.45) is 0 Å². The van der Waals surface area contributed by atoms with Gasteiger partial charge in [-0.3, -0.25) is 9.59 Å². The number of alkyl halides is 9. The van der Waals surface area contributed by atoms with Crippen molar-refractivity contribution in [1.29, 1.82) is 0 Å². The molecule has 4 aliphatic heterocycles. The predicted octanol–water partition coefficient (Wildman–Crippen LogP) is 11.8. The van der Waals surface area contributed by atoms with Gasteiger partial charge in [-0.1, -0.05) is 77.4 Å². The maximum Gasteiger partial charge on any atom is 0.534 e. The summed E-state index contributed by atoms with van der Waals surface area (Å²) in [7, 11) is -5.85. The molecule has 412 valence electrons. The Bertz CT molecular complexity index is 3120. The predicted molar refractivity (Wildman–Crippen MR) is 270 cm³/mol. The second kappa shape index (κ2) is 22.2. The van der Waals surface area contributed by atoms with Crippen LogP contribution < -0.4 is 14.8 Å². The van der Waals surface area contributed by atoms with Crippen LogP contribution >= 0.6 is 0 Å². The van der Waals surface area contributed by atoms with E-state index in [1.807, 2.05) is 12.1 Å². The first-order valence-electron chi connectivity index (χ1n) is 25.9. The lowest BCUT2D eigenvalue weighted by Gasteiger charge is -2.38. The van der Waals surface area contributed by atoms with Gasteiger partial charge in [0.25, 0.3) is 0 Å². The summed E-state index contributed by atoms with van der Waals surface area (Å²) in [6.45, 7) is 23.5. The highest BCUT2D eigenvalue weighted by Gasteiger charge is 2.52. The zero-order valence-corrected chi connectivity index (χ0v) is 42.8. The Morgan fingerprint density at radius 1 is 0.513 bits per heavy atom. The van der Waals surface area contributed by atoms with Gasteiger partial charge in [0.1, 0.15) is 5.75 Å². The van der Waals surface area contributed by atoms with Crippen molar-refractivity contribution in [3.63, 3.8) is 0 Å². The molecule has 0 aromatic heterocycles. The minimum Gasteiger partial charge on any atom is -0.376 e. The van der Waals surface area contributed by atoms with Crippen LogP contribution in [-0.2, 0) is 45.4 Å². The fraction of sp³-hybridized carbons (Fsp3) is 0.482. The molecule has 4 aromatic rings. The van der Waals surface area contributed by atoms with E-state index in [1.165, 1.54) is 54.0 Å². The molecule has 4 fully saturated rings. The molecule has 0 spiro atoms. The number of benzene rings is 4. The normalized spacial score (nSPS) is 25.2. The van der Waals surface area contributed by atoms with Gasteiger partial charge in [0.2, 0.25) is 0 Å². The lowest BCUT2D eigenvalue weighted by atomic mass is 9.88. The van der Waals surface area contributed by atoms with Gasteiger partial charge in [-0.15, -0.1) is 0 Å². The molecule has 4 aromatic carbocycles. The van der Waals surface area contributed by atoms with Crippen molar-refractivity contribution in [3.05, 3.63) is 152 Å². The Morgan fingerprint density at radius 2 is 0.872 bits per heavy atom. The molecule has 4 aliphatic carbocycles. The van der Waals surface area contributed by atoms with E-state index >= 15 is 0 Å². The van der Waals surface area contributed by atoms with E-state index in [-0.39, 0.29) is 31.8 Å². The molecule has 2 amide bonds. The van der Waals surface area contributed by atoms with Gasteiger partial charge in [0.05, 0.1) is 19.7 Å². The van der Waals surface area contributed by atoms with Gasteiger partial charge < -0.3 is 24.6 Å². The van der Waals surface area contributed by atoms with Crippen molar-refractivity contribution in [1.82, 2.24) is 20.4 Å². The van der Waals surface area contributed by atoms with E-state index in [1.54, 1.807) is 18.2 Å². The van der Waals surface area contributed by atoms with E-state index in [0.29, 0.717) is 60.0 Å². The third-order valence-corrected chi connectivity index (χ3v) is 17.4. The van der Waals surface area contributed by atoms with Gasteiger partial charge in [-0.2, -0.15) is 47.9 Å². The molecular weight excluding hydrogens is 1050 g/mol. The molecule has 2 N–H and O–H groups in total. The van der Waals surface area contributed by atoms with Crippen LogP contribution in [0.1, 0.15) is 120 Å². The van der Waals surface area contributed by atoms with Gasteiger partial charge in [-0.25, -0.2) is 14.5 Å². The molecule has 4 saturated heterocycles. The van der Waals surface area contributed by atoms with E-state index in [9.17, 15) is 57.5 Å². The summed E-state index contributed by atoms with van der Waals surface area (Å²) in [5, 5.41) is 7.18. The van der Waals surface area contributed by atoms with E-state index < -0.39 is 63.5 Å². The molecular formula is C56H54F9N7O5S. The van der Waals surface area contributed by atoms with Crippen molar-refractivity contribution in [3.8, 4) is 5.75 Å². The third-order valence-electron chi connectivity index (χ3n) is 16.5. The molecule has 12 rings (SSSR count). The fourth-order valence-electron chi connectivity index (χ4n) is 13.1. The van der Waals surface area contributed by atoms with Crippen LogP contribution in [0.5, 0.6) is 5.75 Å². The molecule has 8 aliphatic rings. The topological polar surface area (TPSA) is 121 Å². The minimum atomic E-state index is -5.85. The Hall–Kier alpha value is -6.67. The second-order valence-corrected chi connectivity index (χ2v) is 22.4. The van der Waals surface area contributed by atoms with Crippen molar-refractivity contribution < 1.29 is 61.7 Å². The average Bonchev–Trinajstić information content (AvgIpc) is 4.24. The number of halogens is 9. The molecule has 4 heterocycles. The number of carbonyl (C=O) groups excluding carboxylic acids is 2. The molecule has 78 heavy (non-hydrogen) atoms. The zero-order chi connectivity index (χ0) is 55.9. The van der Waals surface area contributed by atoms with Crippen LogP contribution in [-0.4, -0.2) is 98.2 Å². The summed E-state index contributed by atoms with van der Waals surface area (Å²) < 4.78 is 140. The highest BCUT2D eigenvalue weighted by atomic mass is 32.2. The Morgan fingerprint density at radius 3 is 1.26 bits per heavy atom. The number of nitrogens with one attached hydrogen (secondary N) is 2. The second-order valence-electron chi connectivity index (χ2n) is 20.9. The maximum atomic E-state index is 12.8. The van der Waals surface area contributed by atoms with Crippen LogP contribution in [0.4, 0.5) is 56.6 Å². The SMILES string of the molecule is O=C(N1CCC[C@@H]2c3cc(OS(=O)(=O)C(F)(F)F)ccc3C[C@@H]21)C(F)(F)F.[C-]#[N+]c1ccc2c(c1)[C@H]1CCCN(C(=O)C(F)(F)F)[C@H]1C2.[C-]#[N+]c1ccc2c(c1)[C@H]1CCCN[C@H]1C2.[C-]#[N+]c1ccc2c(c1)[C@H]1CCCN[C@H]1C2. The largest absolute Gasteiger partial charge is 0.534 e. The molecule has 12 nitrogen and oxygen atoms in total. The van der Waals surface area contributed by atoms with Crippen LogP contribution in [0.2, 0.25) is 0 Å². The number of amides is 2. The number of carbonyl (C=O) groups is 2. The maximum absolute atomic E-state index is 12.8. The van der Waals surface area contributed by atoms with E-state index in [2.05, 4.69) is 53.6 Å². The molecule has 8 atom stereocenters. The fourth-order valence-corrected chi connectivity index (χ4v) is 13.5. The quantitative estimate of drug-likeness (QED) is 0.0887. The summed E-state index contributed by atoms with van der Waals surface area (Å²) in [5.74, 6) is -3.56. The minimum absolute atomic E-state index is 0.0701. The number of nitrogens with zero attached hydrogens (tertiary/aromatic N) is 5. The molecule has 0 saturated carbocycles. The first kappa shape index (κ1) is 56.1. The van der Waals surface area contributed by atoms with Gasteiger partial charge in [0.15, 0.2) is 17.1 Å². The van der Waals surface area contributed by atoms with Crippen LogP contribution in [0.25, 0.3) is 14.5 Å². The monoisotopic (exact) mass is 1110 g/mol.